The first-order valence-electron chi connectivity index (χ1n) is 8.52. The Bertz CT molecular complexity index is 1230. The number of carbonyl (C=O) groups is 2. The zero-order valence-electron chi connectivity index (χ0n) is 15.2. The van der Waals surface area contributed by atoms with Crippen LogP contribution >= 0.6 is 0 Å². The van der Waals surface area contributed by atoms with E-state index in [-0.39, 0.29) is 11.5 Å². The third kappa shape index (κ3) is 2.90. The number of hydrogen-bond acceptors (Lipinski definition) is 5. The van der Waals surface area contributed by atoms with Crippen LogP contribution in [-0.4, -0.2) is 50.3 Å². The van der Waals surface area contributed by atoms with Gasteiger partial charge in [0.05, 0.1) is 11.7 Å². The molecule has 3 heterocycles. The maximum Gasteiger partial charge on any atom is 0.339 e. The lowest BCUT2D eigenvalue weighted by molar-refractivity contribution is 0.0698. The summed E-state index contributed by atoms with van der Waals surface area (Å²) in [6.07, 6.45) is 4.97. The molecule has 28 heavy (non-hydrogen) atoms. The molecule has 2 N–H and O–H groups in total. The molecule has 8 heteroatoms. The Hall–Kier alpha value is -3.94. The lowest BCUT2D eigenvalue weighted by Crippen LogP contribution is -2.21. The molecule has 4 aromatic rings. The highest BCUT2D eigenvalue weighted by molar-refractivity contribution is 6.00. The first-order chi connectivity index (χ1) is 13.5. The number of amides is 1. The number of carbonyl (C=O) groups excluding carboxylic acids is 1. The normalized spacial score (nSPS) is 10.9. The summed E-state index contributed by atoms with van der Waals surface area (Å²) < 4.78 is 1.70. The van der Waals surface area contributed by atoms with Crippen molar-refractivity contribution in [3.63, 3.8) is 0 Å². The highest BCUT2D eigenvalue weighted by Crippen LogP contribution is 2.27. The molecule has 3 aromatic heterocycles. The maximum absolute atomic E-state index is 12.2. The van der Waals surface area contributed by atoms with Crippen molar-refractivity contribution in [2.45, 2.75) is 0 Å². The number of carboxylic acids is 1. The second kappa shape index (κ2) is 6.66. The Morgan fingerprint density at radius 3 is 2.75 bits per heavy atom. The van der Waals surface area contributed by atoms with Crippen LogP contribution in [0, 0.1) is 0 Å². The number of anilines is 2. The SMILES string of the molecule is CN(C)C(=O)c1cccc(Nc2nc3c(C(=O)O)ccn3c3cnccc23)c1. The fraction of sp³-hybridized carbons (Fsp3) is 0.100. The van der Waals surface area contributed by atoms with Crippen LogP contribution in [0.25, 0.3) is 16.6 Å². The number of nitrogens with zero attached hydrogens (tertiary/aromatic N) is 4. The quantitative estimate of drug-likeness (QED) is 0.569. The highest BCUT2D eigenvalue weighted by atomic mass is 16.4. The average Bonchev–Trinajstić information content (AvgIpc) is 3.12. The van der Waals surface area contributed by atoms with E-state index in [1.54, 1.807) is 61.4 Å². The van der Waals surface area contributed by atoms with Gasteiger partial charge in [0.2, 0.25) is 0 Å². The average molecular weight is 375 g/mol. The molecule has 0 saturated heterocycles. The van der Waals surface area contributed by atoms with Gasteiger partial charge in [0, 0.05) is 43.1 Å². The Morgan fingerprint density at radius 2 is 2.00 bits per heavy atom. The van der Waals surface area contributed by atoms with Crippen molar-refractivity contribution < 1.29 is 14.7 Å². The summed E-state index contributed by atoms with van der Waals surface area (Å²) in [6.45, 7) is 0. The topological polar surface area (TPSA) is 99.8 Å². The molecule has 0 unspecified atom stereocenters. The zero-order valence-corrected chi connectivity index (χ0v) is 15.2. The maximum atomic E-state index is 12.2. The minimum Gasteiger partial charge on any atom is -0.478 e. The summed E-state index contributed by atoms with van der Waals surface area (Å²) in [4.78, 5) is 34.0. The fourth-order valence-electron chi connectivity index (χ4n) is 3.06. The van der Waals surface area contributed by atoms with Crippen molar-refractivity contribution in [3.05, 3.63) is 66.1 Å². The summed E-state index contributed by atoms with van der Waals surface area (Å²) in [6, 6.07) is 10.4. The number of pyridine rings is 1. The minimum absolute atomic E-state index is 0.102. The molecular weight excluding hydrogens is 358 g/mol. The smallest absolute Gasteiger partial charge is 0.339 e. The van der Waals surface area contributed by atoms with Gasteiger partial charge in [-0.25, -0.2) is 9.78 Å². The molecule has 1 amide bonds. The molecule has 0 atom stereocenters. The van der Waals surface area contributed by atoms with Gasteiger partial charge in [-0.2, -0.15) is 0 Å². The molecule has 0 fully saturated rings. The van der Waals surface area contributed by atoms with E-state index in [1.807, 2.05) is 6.07 Å². The molecule has 1 aromatic carbocycles. The number of aromatic carboxylic acids is 1. The predicted octanol–water partition coefficient (Wildman–Crippen LogP) is 3.03. The standard InChI is InChI=1S/C20H17N5O3/c1-24(2)19(26)12-4-3-5-13(10-12)22-17-14-6-8-21-11-16(14)25-9-7-15(20(27)28)18(25)23-17/h3-11H,1-2H3,(H,22,23)(H,27,28). The molecule has 0 aliphatic carbocycles. The number of hydrogen-bond donors (Lipinski definition) is 2. The van der Waals surface area contributed by atoms with Crippen molar-refractivity contribution in [3.8, 4) is 0 Å². The molecule has 0 radical (unpaired) electrons. The summed E-state index contributed by atoms with van der Waals surface area (Å²) >= 11 is 0. The van der Waals surface area contributed by atoms with Crippen LogP contribution < -0.4 is 5.32 Å². The largest absolute Gasteiger partial charge is 0.478 e. The summed E-state index contributed by atoms with van der Waals surface area (Å²) in [5.74, 6) is -0.677. The predicted molar refractivity (Wildman–Crippen MR) is 105 cm³/mol. The number of carboxylic acid groups (broad SMARTS) is 1. The van der Waals surface area contributed by atoms with E-state index in [0.29, 0.717) is 22.7 Å². The molecule has 0 aliphatic rings. The van der Waals surface area contributed by atoms with E-state index in [4.69, 9.17) is 0 Å². The van der Waals surface area contributed by atoms with Gasteiger partial charge < -0.3 is 15.3 Å². The second-order valence-corrected chi connectivity index (χ2v) is 6.49. The van der Waals surface area contributed by atoms with Crippen LogP contribution in [-0.2, 0) is 0 Å². The van der Waals surface area contributed by atoms with Gasteiger partial charge >= 0.3 is 5.97 Å². The highest BCUT2D eigenvalue weighted by Gasteiger charge is 2.16. The number of nitrogens with one attached hydrogen (secondary N) is 1. The first kappa shape index (κ1) is 17.5. The molecule has 0 aliphatic heterocycles. The van der Waals surface area contributed by atoms with E-state index in [0.717, 1.165) is 10.9 Å². The van der Waals surface area contributed by atoms with E-state index >= 15 is 0 Å². The van der Waals surface area contributed by atoms with Gasteiger partial charge in [0.25, 0.3) is 5.91 Å². The third-order valence-corrected chi connectivity index (χ3v) is 4.40. The Morgan fingerprint density at radius 1 is 1.18 bits per heavy atom. The molecule has 0 spiro atoms. The van der Waals surface area contributed by atoms with Crippen LogP contribution in [0.15, 0.2) is 55.0 Å². The third-order valence-electron chi connectivity index (χ3n) is 4.40. The van der Waals surface area contributed by atoms with Gasteiger partial charge in [-0.05, 0) is 30.3 Å². The molecule has 140 valence electrons. The zero-order chi connectivity index (χ0) is 19.8. The van der Waals surface area contributed by atoms with E-state index in [9.17, 15) is 14.7 Å². The summed E-state index contributed by atoms with van der Waals surface area (Å²) in [7, 11) is 3.39. The number of fused-ring (bicyclic) bond motifs is 3. The van der Waals surface area contributed by atoms with Gasteiger partial charge in [0.15, 0.2) is 5.65 Å². The summed E-state index contributed by atoms with van der Waals surface area (Å²) in [5, 5.41) is 13.4. The van der Waals surface area contributed by atoms with Gasteiger partial charge in [-0.3, -0.25) is 14.2 Å². The molecular formula is C20H17N5O3. The van der Waals surface area contributed by atoms with Crippen molar-refractivity contribution in [2.24, 2.45) is 0 Å². The van der Waals surface area contributed by atoms with E-state index in [2.05, 4.69) is 15.3 Å². The minimum atomic E-state index is -1.05. The Labute approximate surface area is 160 Å². The molecule has 4 rings (SSSR count). The fourth-order valence-corrected chi connectivity index (χ4v) is 3.06. The summed E-state index contributed by atoms with van der Waals surface area (Å²) in [5.41, 5.74) is 2.35. The van der Waals surface area contributed by atoms with E-state index < -0.39 is 5.97 Å². The number of benzene rings is 1. The molecule has 0 bridgehead atoms. The van der Waals surface area contributed by atoms with Crippen molar-refractivity contribution >= 4 is 39.9 Å². The lowest BCUT2D eigenvalue weighted by Gasteiger charge is -2.13. The van der Waals surface area contributed by atoms with Gasteiger partial charge in [-0.1, -0.05) is 6.07 Å². The van der Waals surface area contributed by atoms with Crippen molar-refractivity contribution in [1.82, 2.24) is 19.3 Å². The van der Waals surface area contributed by atoms with Crippen molar-refractivity contribution in [2.75, 3.05) is 19.4 Å². The number of rotatable bonds is 4. The van der Waals surface area contributed by atoms with Crippen LogP contribution in [0.2, 0.25) is 0 Å². The van der Waals surface area contributed by atoms with Gasteiger partial charge in [-0.15, -0.1) is 0 Å². The Kier molecular flexibility index (Phi) is 4.15. The van der Waals surface area contributed by atoms with Gasteiger partial charge in [0.1, 0.15) is 11.4 Å². The second-order valence-electron chi connectivity index (χ2n) is 6.49. The lowest BCUT2D eigenvalue weighted by atomic mass is 10.1. The number of aromatic nitrogens is 3. The van der Waals surface area contributed by atoms with Crippen LogP contribution in [0.1, 0.15) is 20.7 Å². The van der Waals surface area contributed by atoms with Crippen LogP contribution in [0.4, 0.5) is 11.5 Å². The van der Waals surface area contributed by atoms with E-state index in [1.165, 1.54) is 11.0 Å². The first-order valence-corrected chi connectivity index (χ1v) is 8.52. The van der Waals surface area contributed by atoms with Crippen molar-refractivity contribution in [1.29, 1.82) is 0 Å². The monoisotopic (exact) mass is 375 g/mol. The van der Waals surface area contributed by atoms with Crippen LogP contribution in [0.3, 0.4) is 0 Å². The van der Waals surface area contributed by atoms with Crippen LogP contribution in [0.5, 0.6) is 0 Å². The molecule has 0 saturated carbocycles. The Balaban J connectivity index is 1.86. The molecule has 8 nitrogen and oxygen atoms in total.